The number of aromatic nitrogens is 1. The van der Waals surface area contributed by atoms with Crippen LogP contribution in [-0.2, 0) is 6.42 Å². The Morgan fingerprint density at radius 3 is 3.11 bits per heavy atom. The molecule has 0 bridgehead atoms. The summed E-state index contributed by atoms with van der Waals surface area (Å²) < 4.78 is 0.999. The Bertz CT molecular complexity index is 571. The molecule has 1 unspecified atom stereocenters. The topological polar surface area (TPSA) is 37.0 Å². The number of pyridine rings is 1. The van der Waals surface area contributed by atoms with E-state index in [4.69, 9.17) is 0 Å². The van der Waals surface area contributed by atoms with E-state index in [1.807, 2.05) is 12.3 Å². The van der Waals surface area contributed by atoms with Crippen molar-refractivity contribution in [2.24, 2.45) is 0 Å². The standard InChI is InChI=1S/C15H16BrN3/c16-13-9-17-7-6-14(13)19-10-15-12-4-2-1-3-11(12)5-8-18-15/h1-4,6-7,9,15,18H,5,8,10H2,(H,17,19). The van der Waals surface area contributed by atoms with Crippen molar-refractivity contribution in [2.75, 3.05) is 18.4 Å². The van der Waals surface area contributed by atoms with Gasteiger partial charge >= 0.3 is 0 Å². The van der Waals surface area contributed by atoms with E-state index in [0.717, 1.165) is 29.7 Å². The average Bonchev–Trinajstić information content (AvgIpc) is 2.46. The van der Waals surface area contributed by atoms with Crippen molar-refractivity contribution in [1.82, 2.24) is 10.3 Å². The molecule has 19 heavy (non-hydrogen) atoms. The van der Waals surface area contributed by atoms with Gasteiger partial charge in [0.1, 0.15) is 0 Å². The molecule has 4 heteroatoms. The lowest BCUT2D eigenvalue weighted by atomic mass is 9.94. The van der Waals surface area contributed by atoms with Crippen molar-refractivity contribution in [2.45, 2.75) is 12.5 Å². The third kappa shape index (κ3) is 2.80. The predicted octanol–water partition coefficient (Wildman–Crippen LogP) is 3.14. The fraction of sp³-hybridized carbons (Fsp3) is 0.267. The zero-order valence-corrected chi connectivity index (χ0v) is 12.2. The second-order valence-corrected chi connectivity index (χ2v) is 5.55. The summed E-state index contributed by atoms with van der Waals surface area (Å²) >= 11 is 3.51. The molecule has 2 aromatic rings. The Labute approximate surface area is 121 Å². The highest BCUT2D eigenvalue weighted by Crippen LogP contribution is 2.25. The van der Waals surface area contributed by atoms with E-state index in [1.165, 1.54) is 11.1 Å². The molecular formula is C15H16BrN3. The summed E-state index contributed by atoms with van der Waals surface area (Å²) in [6.45, 7) is 1.92. The van der Waals surface area contributed by atoms with Gasteiger partial charge in [-0.25, -0.2) is 0 Å². The van der Waals surface area contributed by atoms with Crippen molar-refractivity contribution in [1.29, 1.82) is 0 Å². The lowest BCUT2D eigenvalue weighted by Crippen LogP contribution is -2.34. The molecule has 1 aliphatic heterocycles. The maximum atomic E-state index is 4.07. The minimum absolute atomic E-state index is 0.366. The van der Waals surface area contributed by atoms with Gasteiger partial charge in [0, 0.05) is 25.0 Å². The number of nitrogens with one attached hydrogen (secondary N) is 2. The highest BCUT2D eigenvalue weighted by atomic mass is 79.9. The van der Waals surface area contributed by atoms with Gasteiger partial charge in [-0.15, -0.1) is 0 Å². The summed E-state index contributed by atoms with van der Waals surface area (Å²) in [6, 6.07) is 11.0. The summed E-state index contributed by atoms with van der Waals surface area (Å²) in [5, 5.41) is 7.05. The smallest absolute Gasteiger partial charge is 0.0590 e. The van der Waals surface area contributed by atoms with E-state index in [2.05, 4.69) is 55.8 Å². The summed E-state index contributed by atoms with van der Waals surface area (Å²) in [5.74, 6) is 0. The van der Waals surface area contributed by atoms with Crippen molar-refractivity contribution in [3.05, 3.63) is 58.3 Å². The second-order valence-electron chi connectivity index (χ2n) is 4.69. The largest absolute Gasteiger partial charge is 0.382 e. The zero-order chi connectivity index (χ0) is 13.1. The van der Waals surface area contributed by atoms with Gasteiger partial charge < -0.3 is 10.6 Å². The summed E-state index contributed by atoms with van der Waals surface area (Å²) in [5.41, 5.74) is 3.95. The molecule has 1 aromatic heterocycles. The first-order valence-electron chi connectivity index (χ1n) is 6.49. The molecule has 3 rings (SSSR count). The van der Waals surface area contributed by atoms with E-state index >= 15 is 0 Å². The monoisotopic (exact) mass is 317 g/mol. The lowest BCUT2D eigenvalue weighted by molar-refractivity contribution is 0.523. The van der Waals surface area contributed by atoms with Crippen LogP contribution in [0.15, 0.2) is 47.2 Å². The van der Waals surface area contributed by atoms with E-state index in [1.54, 1.807) is 6.20 Å². The molecule has 3 nitrogen and oxygen atoms in total. The van der Waals surface area contributed by atoms with E-state index in [9.17, 15) is 0 Å². The molecule has 1 aliphatic rings. The average molecular weight is 318 g/mol. The highest BCUT2D eigenvalue weighted by molar-refractivity contribution is 9.10. The van der Waals surface area contributed by atoms with Crippen molar-refractivity contribution in [3.63, 3.8) is 0 Å². The predicted molar refractivity (Wildman–Crippen MR) is 81.3 cm³/mol. The van der Waals surface area contributed by atoms with Gasteiger partial charge in [0.2, 0.25) is 0 Å². The molecule has 1 aromatic carbocycles. The van der Waals surface area contributed by atoms with Crippen molar-refractivity contribution < 1.29 is 0 Å². The minimum Gasteiger partial charge on any atom is -0.382 e. The molecule has 0 aliphatic carbocycles. The fourth-order valence-electron chi connectivity index (χ4n) is 2.51. The van der Waals surface area contributed by atoms with Gasteiger partial charge in [0.25, 0.3) is 0 Å². The van der Waals surface area contributed by atoms with E-state index in [0.29, 0.717) is 6.04 Å². The van der Waals surface area contributed by atoms with Crippen LogP contribution in [0, 0.1) is 0 Å². The normalized spacial score (nSPS) is 17.8. The molecular weight excluding hydrogens is 302 g/mol. The molecule has 0 fully saturated rings. The molecule has 2 heterocycles. The Kier molecular flexibility index (Phi) is 3.80. The molecule has 0 radical (unpaired) electrons. The van der Waals surface area contributed by atoms with Gasteiger partial charge in [0.15, 0.2) is 0 Å². The van der Waals surface area contributed by atoms with Crippen LogP contribution >= 0.6 is 15.9 Å². The van der Waals surface area contributed by atoms with Crippen molar-refractivity contribution >= 4 is 21.6 Å². The maximum Gasteiger partial charge on any atom is 0.0590 e. The molecule has 0 saturated carbocycles. The number of benzene rings is 1. The first-order valence-corrected chi connectivity index (χ1v) is 7.28. The fourth-order valence-corrected chi connectivity index (χ4v) is 2.90. The maximum absolute atomic E-state index is 4.07. The summed E-state index contributed by atoms with van der Waals surface area (Å²) in [6.07, 6.45) is 4.73. The third-order valence-electron chi connectivity index (χ3n) is 3.48. The van der Waals surface area contributed by atoms with Crippen LogP contribution in [0.25, 0.3) is 0 Å². The highest BCUT2D eigenvalue weighted by Gasteiger charge is 2.18. The van der Waals surface area contributed by atoms with Gasteiger partial charge in [-0.1, -0.05) is 24.3 Å². The molecule has 0 saturated heterocycles. The number of hydrogen-bond acceptors (Lipinski definition) is 3. The van der Waals surface area contributed by atoms with Crippen LogP contribution in [0.3, 0.4) is 0 Å². The Morgan fingerprint density at radius 2 is 2.21 bits per heavy atom. The van der Waals surface area contributed by atoms with Gasteiger partial charge in [-0.3, -0.25) is 4.98 Å². The Balaban J connectivity index is 1.73. The number of hydrogen-bond donors (Lipinski definition) is 2. The summed E-state index contributed by atoms with van der Waals surface area (Å²) in [7, 11) is 0. The zero-order valence-electron chi connectivity index (χ0n) is 10.6. The van der Waals surface area contributed by atoms with E-state index in [-0.39, 0.29) is 0 Å². The second kappa shape index (κ2) is 5.72. The third-order valence-corrected chi connectivity index (χ3v) is 4.12. The number of anilines is 1. The number of fused-ring (bicyclic) bond motifs is 1. The Hall–Kier alpha value is -1.39. The van der Waals surface area contributed by atoms with Crippen LogP contribution in [0.4, 0.5) is 5.69 Å². The first kappa shape index (κ1) is 12.6. The van der Waals surface area contributed by atoms with Gasteiger partial charge in [-0.2, -0.15) is 0 Å². The minimum atomic E-state index is 0.366. The van der Waals surface area contributed by atoms with Crippen LogP contribution < -0.4 is 10.6 Å². The molecule has 2 N–H and O–H groups in total. The lowest BCUT2D eigenvalue weighted by Gasteiger charge is -2.27. The Morgan fingerprint density at radius 1 is 1.32 bits per heavy atom. The number of nitrogens with zero attached hydrogens (tertiary/aromatic N) is 1. The molecule has 0 spiro atoms. The molecule has 1 atom stereocenters. The SMILES string of the molecule is Brc1cnccc1NCC1NCCc2ccccc21. The van der Waals surface area contributed by atoms with Crippen LogP contribution in [0.2, 0.25) is 0 Å². The van der Waals surface area contributed by atoms with Gasteiger partial charge in [-0.05, 0) is 46.1 Å². The molecule has 98 valence electrons. The van der Waals surface area contributed by atoms with Gasteiger partial charge in [0.05, 0.1) is 10.2 Å². The number of halogens is 1. The molecule has 0 amide bonds. The van der Waals surface area contributed by atoms with Crippen molar-refractivity contribution in [3.8, 4) is 0 Å². The number of rotatable bonds is 3. The van der Waals surface area contributed by atoms with Crippen LogP contribution in [0.5, 0.6) is 0 Å². The first-order chi connectivity index (χ1) is 9.34. The quantitative estimate of drug-likeness (QED) is 0.913. The van der Waals surface area contributed by atoms with Crippen LogP contribution in [-0.4, -0.2) is 18.1 Å². The van der Waals surface area contributed by atoms with Crippen LogP contribution in [0.1, 0.15) is 17.2 Å². The summed E-state index contributed by atoms with van der Waals surface area (Å²) in [4.78, 5) is 4.07. The van der Waals surface area contributed by atoms with E-state index < -0.39 is 0 Å².